The molecule has 0 radical (unpaired) electrons. The van der Waals surface area contributed by atoms with Crippen molar-refractivity contribution in [3.63, 3.8) is 0 Å². The number of amidine groups is 1. The molecule has 1 N–H and O–H groups in total. The van der Waals surface area contributed by atoms with Crippen molar-refractivity contribution in [2.75, 3.05) is 11.5 Å². The summed E-state index contributed by atoms with van der Waals surface area (Å²) < 4.78 is 0. The van der Waals surface area contributed by atoms with Gasteiger partial charge >= 0.3 is 0 Å². The Morgan fingerprint density at radius 3 is 3.07 bits per heavy atom. The molecule has 1 aliphatic carbocycles. The molecule has 0 bridgehead atoms. The predicted molar refractivity (Wildman–Crippen MR) is 72.0 cm³/mol. The number of nitrogens with zero attached hydrogens (tertiary/aromatic N) is 1. The van der Waals surface area contributed by atoms with Gasteiger partial charge in [-0.05, 0) is 31.9 Å². The quantitative estimate of drug-likeness (QED) is 0.826. The Labute approximate surface area is 101 Å². The summed E-state index contributed by atoms with van der Waals surface area (Å²) in [5.74, 6) is 2.43. The van der Waals surface area contributed by atoms with Crippen molar-refractivity contribution in [1.82, 2.24) is 5.32 Å². The van der Waals surface area contributed by atoms with E-state index in [2.05, 4.69) is 30.9 Å². The maximum absolute atomic E-state index is 4.81. The van der Waals surface area contributed by atoms with E-state index in [0.29, 0.717) is 12.1 Å². The maximum atomic E-state index is 4.81. The van der Waals surface area contributed by atoms with Gasteiger partial charge in [-0.15, -0.1) is 0 Å². The third-order valence-corrected chi connectivity index (χ3v) is 5.30. The molecule has 15 heavy (non-hydrogen) atoms. The summed E-state index contributed by atoms with van der Waals surface area (Å²) in [6, 6.07) is 1.20. The Bertz CT molecular complexity index is 243. The number of aliphatic imine (C=N–C) groups is 1. The minimum atomic E-state index is 0.592. The molecule has 0 spiro atoms. The van der Waals surface area contributed by atoms with Crippen LogP contribution in [0.25, 0.3) is 0 Å². The fourth-order valence-corrected chi connectivity index (χ4v) is 4.29. The Kier molecular flexibility index (Phi) is 4.26. The van der Waals surface area contributed by atoms with Crippen LogP contribution in [0.5, 0.6) is 0 Å². The Balaban J connectivity index is 1.81. The van der Waals surface area contributed by atoms with Crippen molar-refractivity contribution in [1.29, 1.82) is 0 Å². The second-order valence-electron chi connectivity index (χ2n) is 4.33. The molecule has 3 atom stereocenters. The van der Waals surface area contributed by atoms with Gasteiger partial charge in [0.1, 0.15) is 0 Å². The first-order valence-corrected chi connectivity index (χ1v) is 7.90. The smallest absolute Gasteiger partial charge is 0.157 e. The van der Waals surface area contributed by atoms with E-state index in [0.717, 1.165) is 5.25 Å². The molecule has 2 aliphatic rings. The van der Waals surface area contributed by atoms with Crippen LogP contribution < -0.4 is 5.32 Å². The topological polar surface area (TPSA) is 24.4 Å². The third-order valence-electron chi connectivity index (χ3n) is 2.90. The van der Waals surface area contributed by atoms with Gasteiger partial charge in [0, 0.05) is 17.0 Å². The molecule has 2 fully saturated rings. The maximum Gasteiger partial charge on any atom is 0.157 e. The van der Waals surface area contributed by atoms with Gasteiger partial charge in [-0.1, -0.05) is 18.7 Å². The predicted octanol–water partition coefficient (Wildman–Crippen LogP) is 2.74. The number of thioether (sulfide) groups is 2. The summed E-state index contributed by atoms with van der Waals surface area (Å²) in [4.78, 5) is 4.81. The van der Waals surface area contributed by atoms with Crippen LogP contribution >= 0.6 is 23.5 Å². The lowest BCUT2D eigenvalue weighted by Gasteiger charge is -2.08. The van der Waals surface area contributed by atoms with Gasteiger partial charge in [-0.3, -0.25) is 4.99 Å². The van der Waals surface area contributed by atoms with Crippen LogP contribution in [0.1, 0.15) is 33.1 Å². The van der Waals surface area contributed by atoms with Gasteiger partial charge in [-0.25, -0.2) is 0 Å². The molecule has 1 saturated carbocycles. The third kappa shape index (κ3) is 3.31. The molecule has 0 aromatic rings. The second-order valence-corrected chi connectivity index (χ2v) is 6.92. The first-order chi connectivity index (χ1) is 7.28. The van der Waals surface area contributed by atoms with E-state index in [-0.39, 0.29) is 0 Å². The van der Waals surface area contributed by atoms with E-state index in [4.69, 9.17) is 4.99 Å². The van der Waals surface area contributed by atoms with Gasteiger partial charge in [0.2, 0.25) is 0 Å². The number of hydrogen-bond donors (Lipinski definition) is 1. The highest BCUT2D eigenvalue weighted by Gasteiger charge is 2.25. The molecule has 86 valence electrons. The van der Waals surface area contributed by atoms with Gasteiger partial charge in [-0.2, -0.15) is 11.8 Å². The van der Waals surface area contributed by atoms with Gasteiger partial charge in [0.05, 0.1) is 6.04 Å². The lowest BCUT2D eigenvalue weighted by atomic mass is 10.3. The summed E-state index contributed by atoms with van der Waals surface area (Å²) in [5.41, 5.74) is 0. The SMILES string of the molecule is CCSC1CCC(N=C2NC(C)CS2)C1. The molecule has 0 amide bonds. The van der Waals surface area contributed by atoms with Crippen LogP contribution in [0.15, 0.2) is 4.99 Å². The van der Waals surface area contributed by atoms with Crippen LogP contribution in [0.4, 0.5) is 0 Å². The van der Waals surface area contributed by atoms with Gasteiger partial charge in [0.15, 0.2) is 5.17 Å². The van der Waals surface area contributed by atoms with E-state index >= 15 is 0 Å². The minimum Gasteiger partial charge on any atom is -0.362 e. The first kappa shape index (κ1) is 11.6. The molecule has 4 heteroatoms. The zero-order chi connectivity index (χ0) is 10.7. The summed E-state index contributed by atoms with van der Waals surface area (Å²) in [6.07, 6.45) is 3.94. The van der Waals surface area contributed by atoms with Crippen molar-refractivity contribution in [3.8, 4) is 0 Å². The Hall–Kier alpha value is 0.170. The molecular formula is C11H20N2S2. The van der Waals surface area contributed by atoms with Crippen LogP contribution in [-0.4, -0.2) is 34.0 Å². The fraction of sp³-hybridized carbons (Fsp3) is 0.909. The van der Waals surface area contributed by atoms with E-state index in [1.807, 2.05) is 11.8 Å². The van der Waals surface area contributed by atoms with Crippen LogP contribution in [0.2, 0.25) is 0 Å². The standard InChI is InChI=1S/C11H20N2S2/c1-3-14-10-5-4-9(6-10)13-11-12-8(2)7-15-11/h8-10H,3-7H2,1-2H3,(H,12,13). The molecule has 3 unspecified atom stereocenters. The van der Waals surface area contributed by atoms with Crippen molar-refractivity contribution in [3.05, 3.63) is 0 Å². The van der Waals surface area contributed by atoms with E-state index in [1.54, 1.807) is 0 Å². The summed E-state index contributed by atoms with van der Waals surface area (Å²) in [7, 11) is 0. The molecule has 1 saturated heterocycles. The van der Waals surface area contributed by atoms with Crippen LogP contribution in [-0.2, 0) is 0 Å². The van der Waals surface area contributed by atoms with Gasteiger partial charge in [0.25, 0.3) is 0 Å². The lowest BCUT2D eigenvalue weighted by Crippen LogP contribution is -2.24. The van der Waals surface area contributed by atoms with Crippen LogP contribution in [0.3, 0.4) is 0 Å². The lowest BCUT2D eigenvalue weighted by molar-refractivity contribution is 0.696. The number of nitrogens with one attached hydrogen (secondary N) is 1. The number of hydrogen-bond acceptors (Lipinski definition) is 3. The largest absolute Gasteiger partial charge is 0.362 e. The van der Waals surface area contributed by atoms with Crippen LogP contribution in [0, 0.1) is 0 Å². The van der Waals surface area contributed by atoms with Crippen molar-refractivity contribution < 1.29 is 0 Å². The van der Waals surface area contributed by atoms with Gasteiger partial charge < -0.3 is 5.32 Å². The average molecular weight is 244 g/mol. The molecule has 0 aromatic carbocycles. The molecule has 2 nitrogen and oxygen atoms in total. The van der Waals surface area contributed by atoms with Crippen molar-refractivity contribution in [2.45, 2.75) is 50.4 Å². The summed E-state index contributed by atoms with van der Waals surface area (Å²) in [5, 5.41) is 5.49. The van der Waals surface area contributed by atoms with Crippen molar-refractivity contribution in [2.24, 2.45) is 4.99 Å². The highest BCUT2D eigenvalue weighted by Crippen LogP contribution is 2.32. The summed E-state index contributed by atoms with van der Waals surface area (Å²) >= 11 is 3.99. The monoisotopic (exact) mass is 244 g/mol. The molecule has 1 heterocycles. The average Bonchev–Trinajstić information content (AvgIpc) is 2.78. The molecular weight excluding hydrogens is 224 g/mol. The molecule has 1 aliphatic heterocycles. The highest BCUT2D eigenvalue weighted by atomic mass is 32.2. The van der Waals surface area contributed by atoms with E-state index < -0.39 is 0 Å². The zero-order valence-electron chi connectivity index (χ0n) is 9.53. The Morgan fingerprint density at radius 1 is 1.53 bits per heavy atom. The minimum absolute atomic E-state index is 0.592. The normalized spacial score (nSPS) is 38.5. The summed E-state index contributed by atoms with van der Waals surface area (Å²) in [6.45, 7) is 4.47. The zero-order valence-corrected chi connectivity index (χ0v) is 11.2. The fourth-order valence-electron chi connectivity index (χ4n) is 2.16. The van der Waals surface area contributed by atoms with E-state index in [9.17, 15) is 0 Å². The molecule has 0 aromatic heterocycles. The van der Waals surface area contributed by atoms with Crippen molar-refractivity contribution >= 4 is 28.7 Å². The number of rotatable bonds is 3. The first-order valence-electron chi connectivity index (χ1n) is 5.86. The highest BCUT2D eigenvalue weighted by molar-refractivity contribution is 8.14. The molecule has 2 rings (SSSR count). The Morgan fingerprint density at radius 2 is 2.40 bits per heavy atom. The van der Waals surface area contributed by atoms with E-state index in [1.165, 1.54) is 35.9 Å². The second kappa shape index (κ2) is 5.48.